The lowest BCUT2D eigenvalue weighted by atomic mass is 10.1. The fourth-order valence-corrected chi connectivity index (χ4v) is 0.972. The predicted octanol–water partition coefficient (Wildman–Crippen LogP) is 1.66. The van der Waals surface area contributed by atoms with Gasteiger partial charge in [0.15, 0.2) is 0 Å². The van der Waals surface area contributed by atoms with Gasteiger partial charge in [0.1, 0.15) is 0 Å². The molecule has 2 heteroatoms. The summed E-state index contributed by atoms with van der Waals surface area (Å²) in [5, 5.41) is 0. The molecule has 0 N–H and O–H groups in total. The number of allylic oxidation sites excluding steroid dienone is 1. The summed E-state index contributed by atoms with van der Waals surface area (Å²) in [7, 11) is 0. The van der Waals surface area contributed by atoms with Crippen molar-refractivity contribution in [1.82, 2.24) is 0 Å². The van der Waals surface area contributed by atoms with E-state index in [2.05, 4.69) is 0 Å². The van der Waals surface area contributed by atoms with Crippen LogP contribution in [0, 0.1) is 0 Å². The Morgan fingerprint density at radius 1 is 1.40 bits per heavy atom. The lowest BCUT2D eigenvalue weighted by molar-refractivity contribution is -0.138. The molecule has 0 unspecified atom stereocenters. The molecule has 0 aromatic heterocycles. The number of carbonyl (C=O) groups excluding carboxylic acids is 1. The van der Waals surface area contributed by atoms with Crippen LogP contribution >= 0.6 is 0 Å². The molecule has 1 aliphatic rings. The van der Waals surface area contributed by atoms with Gasteiger partial charge in [0.2, 0.25) is 0 Å². The summed E-state index contributed by atoms with van der Waals surface area (Å²) in [5.41, 5.74) is 1.96. The Hall–Kier alpha value is -0.790. The average Bonchev–Trinajstić information content (AvgIpc) is 2.04. The van der Waals surface area contributed by atoms with Crippen molar-refractivity contribution in [3.05, 3.63) is 11.1 Å². The lowest BCUT2D eigenvalue weighted by Gasteiger charge is -1.98. The summed E-state index contributed by atoms with van der Waals surface area (Å²) in [6.07, 6.45) is 1.96. The van der Waals surface area contributed by atoms with Gasteiger partial charge in [-0.3, -0.25) is 0 Å². The van der Waals surface area contributed by atoms with Crippen molar-refractivity contribution in [2.75, 3.05) is 6.61 Å². The van der Waals surface area contributed by atoms with E-state index in [4.69, 9.17) is 4.74 Å². The van der Waals surface area contributed by atoms with Gasteiger partial charge in [0.25, 0.3) is 0 Å². The molecule has 0 saturated heterocycles. The fraction of sp³-hybridized carbons (Fsp3) is 0.625. The van der Waals surface area contributed by atoms with E-state index >= 15 is 0 Å². The first-order valence-corrected chi connectivity index (χ1v) is 3.55. The molecule has 0 amide bonds. The minimum atomic E-state index is -0.144. The van der Waals surface area contributed by atoms with Crippen LogP contribution in [0.25, 0.3) is 0 Å². The Kier molecular flexibility index (Phi) is 2.10. The van der Waals surface area contributed by atoms with Gasteiger partial charge in [-0.25, -0.2) is 4.79 Å². The molecule has 0 fully saturated rings. The summed E-state index contributed by atoms with van der Waals surface area (Å²) in [5.74, 6) is -0.144. The molecule has 0 aliphatic carbocycles. The molecule has 10 heavy (non-hydrogen) atoms. The zero-order valence-electron chi connectivity index (χ0n) is 6.44. The molecule has 0 bridgehead atoms. The minimum absolute atomic E-state index is 0.144. The maximum atomic E-state index is 10.9. The van der Waals surface area contributed by atoms with Crippen LogP contribution in [0.4, 0.5) is 0 Å². The van der Waals surface area contributed by atoms with E-state index in [1.54, 1.807) is 0 Å². The smallest absolute Gasteiger partial charge is 0.333 e. The number of hydrogen-bond acceptors (Lipinski definition) is 2. The van der Waals surface area contributed by atoms with Gasteiger partial charge < -0.3 is 4.74 Å². The monoisotopic (exact) mass is 140 g/mol. The molecule has 0 aromatic carbocycles. The van der Waals surface area contributed by atoms with Crippen molar-refractivity contribution < 1.29 is 9.53 Å². The second-order valence-corrected chi connectivity index (χ2v) is 2.64. The summed E-state index contributed by atoms with van der Waals surface area (Å²) >= 11 is 0. The summed E-state index contributed by atoms with van der Waals surface area (Å²) in [6, 6.07) is 0. The van der Waals surface area contributed by atoms with Crippen LogP contribution in [0.2, 0.25) is 0 Å². The molecule has 0 radical (unpaired) electrons. The summed E-state index contributed by atoms with van der Waals surface area (Å²) < 4.78 is 4.89. The summed E-state index contributed by atoms with van der Waals surface area (Å²) in [4.78, 5) is 10.9. The van der Waals surface area contributed by atoms with Gasteiger partial charge >= 0.3 is 5.97 Å². The summed E-state index contributed by atoms with van der Waals surface area (Å²) in [6.45, 7) is 4.39. The van der Waals surface area contributed by atoms with Crippen LogP contribution in [0.5, 0.6) is 0 Å². The second kappa shape index (κ2) is 2.86. The lowest BCUT2D eigenvalue weighted by Crippen LogP contribution is -2.04. The third kappa shape index (κ3) is 1.38. The molecule has 1 aliphatic heterocycles. The maximum absolute atomic E-state index is 10.9. The van der Waals surface area contributed by atoms with Crippen LogP contribution in [0.1, 0.15) is 26.7 Å². The molecule has 0 aromatic rings. The Labute approximate surface area is 60.9 Å². The van der Waals surface area contributed by atoms with E-state index in [0.29, 0.717) is 6.61 Å². The molecule has 1 rings (SSSR count). The average molecular weight is 140 g/mol. The van der Waals surface area contributed by atoms with Crippen LogP contribution in [0.3, 0.4) is 0 Å². The van der Waals surface area contributed by atoms with Crippen LogP contribution in [0.15, 0.2) is 11.1 Å². The number of hydrogen-bond donors (Lipinski definition) is 0. The number of carbonyl (C=O) groups is 1. The highest BCUT2D eigenvalue weighted by atomic mass is 16.5. The van der Waals surface area contributed by atoms with E-state index in [-0.39, 0.29) is 5.97 Å². The zero-order valence-corrected chi connectivity index (χ0v) is 6.44. The van der Waals surface area contributed by atoms with Crippen LogP contribution in [-0.4, -0.2) is 12.6 Å². The highest BCUT2D eigenvalue weighted by molar-refractivity contribution is 5.88. The number of rotatable bonds is 0. The van der Waals surface area contributed by atoms with Gasteiger partial charge in [0, 0.05) is 5.57 Å². The Morgan fingerprint density at radius 2 is 2.10 bits per heavy atom. The highest BCUT2D eigenvalue weighted by Crippen LogP contribution is 2.15. The molecule has 2 nitrogen and oxygen atoms in total. The molecular weight excluding hydrogens is 128 g/mol. The first-order chi connectivity index (χ1) is 4.72. The van der Waals surface area contributed by atoms with Gasteiger partial charge in [-0.05, 0) is 26.7 Å². The van der Waals surface area contributed by atoms with Crippen molar-refractivity contribution in [2.24, 2.45) is 0 Å². The normalized spacial score (nSPS) is 20.4. The van der Waals surface area contributed by atoms with Crippen molar-refractivity contribution in [1.29, 1.82) is 0 Å². The Bertz CT molecular complexity index is 180. The largest absolute Gasteiger partial charge is 0.462 e. The number of ether oxygens (including phenoxy) is 1. The Morgan fingerprint density at radius 3 is 2.80 bits per heavy atom. The standard InChI is InChI=1S/C8H12O2/c1-6-4-3-5-10-8(9)7(6)2/h3-5H2,1-2H3. The molecule has 0 saturated carbocycles. The van der Waals surface area contributed by atoms with Gasteiger partial charge in [-0.15, -0.1) is 0 Å². The Balaban J connectivity index is 2.79. The van der Waals surface area contributed by atoms with Crippen molar-refractivity contribution in [3.63, 3.8) is 0 Å². The fourth-order valence-electron chi connectivity index (χ4n) is 0.972. The molecule has 0 atom stereocenters. The third-order valence-corrected chi connectivity index (χ3v) is 1.88. The molecule has 1 heterocycles. The van der Waals surface area contributed by atoms with Gasteiger partial charge in [-0.2, -0.15) is 0 Å². The maximum Gasteiger partial charge on any atom is 0.333 e. The van der Waals surface area contributed by atoms with Crippen LogP contribution in [-0.2, 0) is 9.53 Å². The van der Waals surface area contributed by atoms with E-state index < -0.39 is 0 Å². The van der Waals surface area contributed by atoms with Crippen molar-refractivity contribution in [2.45, 2.75) is 26.7 Å². The number of esters is 1. The van der Waals surface area contributed by atoms with E-state index in [1.165, 1.54) is 5.57 Å². The quantitative estimate of drug-likeness (QED) is 0.478. The molecule has 0 spiro atoms. The first-order valence-electron chi connectivity index (χ1n) is 3.55. The van der Waals surface area contributed by atoms with Gasteiger partial charge in [0.05, 0.1) is 6.61 Å². The van der Waals surface area contributed by atoms with E-state index in [0.717, 1.165) is 18.4 Å². The third-order valence-electron chi connectivity index (χ3n) is 1.88. The molecule has 56 valence electrons. The first kappa shape index (κ1) is 7.32. The minimum Gasteiger partial charge on any atom is -0.462 e. The molecular formula is C8H12O2. The number of cyclic esters (lactones) is 1. The topological polar surface area (TPSA) is 26.3 Å². The second-order valence-electron chi connectivity index (χ2n) is 2.64. The van der Waals surface area contributed by atoms with Crippen molar-refractivity contribution >= 4 is 5.97 Å². The predicted molar refractivity (Wildman–Crippen MR) is 38.6 cm³/mol. The van der Waals surface area contributed by atoms with Gasteiger partial charge in [-0.1, -0.05) is 5.57 Å². The van der Waals surface area contributed by atoms with Crippen molar-refractivity contribution in [3.8, 4) is 0 Å². The van der Waals surface area contributed by atoms with E-state index in [9.17, 15) is 4.79 Å². The van der Waals surface area contributed by atoms with Crippen LogP contribution < -0.4 is 0 Å². The highest BCUT2D eigenvalue weighted by Gasteiger charge is 2.12. The zero-order chi connectivity index (χ0) is 7.56. The van der Waals surface area contributed by atoms with E-state index in [1.807, 2.05) is 13.8 Å². The SMILES string of the molecule is CC1=C(C)C(=O)OCCC1.